The molecule has 0 aliphatic heterocycles. The minimum atomic E-state index is -0.622. The van der Waals surface area contributed by atoms with Gasteiger partial charge in [-0.1, -0.05) is 55.8 Å². The molecule has 0 amide bonds. The lowest BCUT2D eigenvalue weighted by atomic mass is 9.81. The van der Waals surface area contributed by atoms with E-state index in [-0.39, 0.29) is 41.5 Å². The molecule has 0 saturated heterocycles. The number of anilines is 4. The third-order valence-corrected chi connectivity index (χ3v) is 13.4. The minimum Gasteiger partial charge on any atom is -0.396 e. The Morgan fingerprint density at radius 3 is 2.33 bits per heavy atom. The van der Waals surface area contributed by atoms with Gasteiger partial charge in [-0.2, -0.15) is 14.5 Å². The number of halogens is 1. The number of nitrogens with two attached hydrogens (primary N) is 2. The third kappa shape index (κ3) is 5.72. The number of rotatable bonds is 10. The highest BCUT2D eigenvalue weighted by Crippen LogP contribution is 2.69. The Morgan fingerprint density at radius 2 is 1.67 bits per heavy atom. The Bertz CT molecular complexity index is 2110. The summed E-state index contributed by atoms with van der Waals surface area (Å²) in [4.78, 5) is 28.5. The number of fused-ring (bicyclic) bond motifs is 1. The van der Waals surface area contributed by atoms with Gasteiger partial charge in [0.1, 0.15) is 32.9 Å². The first-order valence-corrected chi connectivity index (χ1v) is 18.9. The van der Waals surface area contributed by atoms with Crippen molar-refractivity contribution in [3.05, 3.63) is 65.7 Å². The van der Waals surface area contributed by atoms with E-state index >= 15 is 0 Å². The molecule has 3 saturated carbocycles. The molecule has 15 heteroatoms. The van der Waals surface area contributed by atoms with Gasteiger partial charge in [-0.3, -0.25) is 9.97 Å². The van der Waals surface area contributed by atoms with Crippen LogP contribution in [0.25, 0.3) is 33.1 Å². The smallest absolute Gasteiger partial charge is 0.225 e. The lowest BCUT2D eigenvalue weighted by Gasteiger charge is -2.36. The second kappa shape index (κ2) is 13.2. The second-order valence-electron chi connectivity index (χ2n) is 14.8. The fourth-order valence-electron chi connectivity index (χ4n) is 8.85. The maximum atomic E-state index is 11.4. The van der Waals surface area contributed by atoms with Crippen LogP contribution in [0.5, 0.6) is 0 Å². The van der Waals surface area contributed by atoms with Crippen molar-refractivity contribution in [3.63, 3.8) is 0 Å². The highest BCUT2D eigenvalue weighted by molar-refractivity contribution is 7.13. The zero-order valence-electron chi connectivity index (χ0n) is 29.2. The van der Waals surface area contributed by atoms with Crippen molar-refractivity contribution in [2.75, 3.05) is 28.7 Å². The standard InChI is InChI=1S/C37H43ClN11O2S/c1-19-20(2)25(14-21(19)16-50)43-32-28(31(38)45-35(40)46-32)26-15-49(18-52-26)17-37(11-10-22-30(51)36(22,37)3)48-33-27(23-8-4-6-12-41-23)29(44-34(39)47-33)24-9-5-7-13-42-24/h4-9,12-13,15,18-22,25,30,50-51H,10-11,14,16-17H2,1-3H3,(H3,39,44,47,48)(H3,40,43,45,46)/q+1. The van der Waals surface area contributed by atoms with Crippen LogP contribution in [0.1, 0.15) is 40.0 Å². The molecule has 5 heterocycles. The zero-order valence-corrected chi connectivity index (χ0v) is 30.8. The van der Waals surface area contributed by atoms with Crippen LogP contribution in [0.15, 0.2) is 60.5 Å². The molecule has 13 nitrogen and oxygen atoms in total. The van der Waals surface area contributed by atoms with Gasteiger partial charge < -0.3 is 32.3 Å². The van der Waals surface area contributed by atoms with E-state index in [9.17, 15) is 10.2 Å². The SMILES string of the molecule is CC1C(CO)CC(Nc2nc(N)nc(Cl)c2-c2c[n+](CC3(Nc4nc(N)nc(-c5ccccn5)c4-c4ccccn4)CCC4C(O)C43C)cs2)C1C. The van der Waals surface area contributed by atoms with E-state index in [1.54, 1.807) is 12.4 Å². The topological polar surface area (TPSA) is 198 Å². The van der Waals surface area contributed by atoms with Crippen molar-refractivity contribution in [1.29, 1.82) is 0 Å². The molecule has 270 valence electrons. The first-order valence-electron chi connectivity index (χ1n) is 17.7. The lowest BCUT2D eigenvalue weighted by molar-refractivity contribution is -0.699. The number of pyridine rings is 2. The van der Waals surface area contributed by atoms with E-state index in [0.29, 0.717) is 58.2 Å². The van der Waals surface area contributed by atoms with E-state index in [2.05, 4.69) is 72.6 Å². The number of aliphatic hydroxyl groups excluding tert-OH is 2. The molecular weight excluding hydrogens is 698 g/mol. The predicted octanol–water partition coefficient (Wildman–Crippen LogP) is 4.93. The van der Waals surface area contributed by atoms with Crippen molar-refractivity contribution in [1.82, 2.24) is 29.9 Å². The van der Waals surface area contributed by atoms with Crippen LogP contribution in [0.4, 0.5) is 23.5 Å². The van der Waals surface area contributed by atoms with E-state index in [0.717, 1.165) is 24.1 Å². The number of aromatic nitrogens is 7. The van der Waals surface area contributed by atoms with Crippen LogP contribution >= 0.6 is 22.9 Å². The van der Waals surface area contributed by atoms with E-state index < -0.39 is 17.1 Å². The summed E-state index contributed by atoms with van der Waals surface area (Å²) in [5.74, 6) is 2.31. The largest absolute Gasteiger partial charge is 0.396 e. The summed E-state index contributed by atoms with van der Waals surface area (Å²) >= 11 is 8.35. The van der Waals surface area contributed by atoms with Crippen molar-refractivity contribution >= 4 is 46.5 Å². The fourth-order valence-corrected chi connectivity index (χ4v) is 10.1. The van der Waals surface area contributed by atoms with Gasteiger partial charge in [-0.25, -0.2) is 9.97 Å². The van der Waals surface area contributed by atoms with E-state index in [4.69, 9.17) is 28.1 Å². The average molecular weight is 741 g/mol. The number of hydrogen-bond donors (Lipinski definition) is 6. The molecule has 52 heavy (non-hydrogen) atoms. The number of thiazole rings is 1. The molecule has 8 N–H and O–H groups in total. The first kappa shape index (κ1) is 34.6. The number of nitrogens with one attached hydrogen (secondary N) is 2. The zero-order chi connectivity index (χ0) is 36.4. The number of aliphatic hydroxyl groups is 2. The molecule has 8 rings (SSSR count). The normalized spacial score (nSPS) is 29.2. The van der Waals surface area contributed by atoms with Crippen LogP contribution in [-0.4, -0.2) is 64.4 Å². The maximum absolute atomic E-state index is 11.4. The summed E-state index contributed by atoms with van der Waals surface area (Å²) < 4.78 is 2.13. The number of hydrogen-bond acceptors (Lipinski definition) is 13. The van der Waals surface area contributed by atoms with Crippen LogP contribution in [0.2, 0.25) is 5.15 Å². The highest BCUT2D eigenvalue weighted by atomic mass is 35.5. The van der Waals surface area contributed by atoms with Crippen LogP contribution in [0, 0.1) is 29.1 Å². The van der Waals surface area contributed by atoms with Gasteiger partial charge in [-0.15, -0.1) is 0 Å². The van der Waals surface area contributed by atoms with Crippen molar-refractivity contribution in [2.45, 2.75) is 64.3 Å². The molecule has 3 aliphatic carbocycles. The predicted molar refractivity (Wildman–Crippen MR) is 202 cm³/mol. The summed E-state index contributed by atoms with van der Waals surface area (Å²) in [6, 6.07) is 11.5. The summed E-state index contributed by atoms with van der Waals surface area (Å²) in [6.07, 6.45) is 7.49. The molecule has 5 aromatic rings. The Labute approximate surface area is 311 Å². The van der Waals surface area contributed by atoms with Crippen LogP contribution in [0.3, 0.4) is 0 Å². The molecular formula is C37H43ClN11O2S+. The summed E-state index contributed by atoms with van der Waals surface area (Å²) in [6.45, 7) is 7.19. The molecule has 8 unspecified atom stereocenters. The van der Waals surface area contributed by atoms with Gasteiger partial charge in [0, 0.05) is 30.5 Å². The highest BCUT2D eigenvalue weighted by Gasteiger charge is 2.76. The molecule has 8 atom stereocenters. The molecule has 5 aromatic heterocycles. The first-order chi connectivity index (χ1) is 25.0. The van der Waals surface area contributed by atoms with Crippen molar-refractivity contribution in [2.24, 2.45) is 29.1 Å². The Balaban J connectivity index is 1.18. The van der Waals surface area contributed by atoms with Gasteiger partial charge in [0.2, 0.25) is 17.4 Å². The summed E-state index contributed by atoms with van der Waals surface area (Å²) in [5, 5.41) is 29.1. The monoisotopic (exact) mass is 740 g/mol. The molecule has 3 aliphatic rings. The molecule has 0 radical (unpaired) electrons. The quantitative estimate of drug-likeness (QED) is 0.0835. The Morgan fingerprint density at radius 1 is 0.962 bits per heavy atom. The Hall–Kier alpha value is -4.50. The van der Waals surface area contributed by atoms with Gasteiger partial charge in [0.05, 0.1) is 28.6 Å². The van der Waals surface area contributed by atoms with Crippen LogP contribution < -0.4 is 26.7 Å². The maximum Gasteiger partial charge on any atom is 0.225 e. The second-order valence-corrected chi connectivity index (χ2v) is 16.0. The average Bonchev–Trinajstić information content (AvgIpc) is 3.46. The van der Waals surface area contributed by atoms with Gasteiger partial charge in [-0.05, 0) is 67.2 Å². The molecule has 0 aromatic carbocycles. The minimum absolute atomic E-state index is 0.0896. The summed E-state index contributed by atoms with van der Waals surface area (Å²) in [7, 11) is 0. The Kier molecular flexibility index (Phi) is 8.76. The van der Waals surface area contributed by atoms with Gasteiger partial charge in [0.15, 0.2) is 12.7 Å². The molecule has 0 spiro atoms. The van der Waals surface area contributed by atoms with E-state index in [1.807, 2.05) is 36.4 Å². The van der Waals surface area contributed by atoms with Crippen LogP contribution in [-0.2, 0) is 6.54 Å². The van der Waals surface area contributed by atoms with Crippen molar-refractivity contribution < 1.29 is 14.8 Å². The summed E-state index contributed by atoms with van der Waals surface area (Å²) in [5.41, 5.74) is 16.8. The molecule has 0 bridgehead atoms. The van der Waals surface area contributed by atoms with E-state index in [1.165, 1.54) is 11.3 Å². The van der Waals surface area contributed by atoms with Gasteiger partial charge in [0.25, 0.3) is 0 Å². The third-order valence-electron chi connectivity index (χ3n) is 12.2. The molecule has 3 fully saturated rings. The number of nitrogen functional groups attached to an aromatic ring is 2. The van der Waals surface area contributed by atoms with Gasteiger partial charge >= 0.3 is 0 Å². The lowest BCUT2D eigenvalue weighted by Crippen LogP contribution is -2.56. The number of nitrogens with zero attached hydrogens (tertiary/aromatic N) is 7. The fraction of sp³-hybridized carbons (Fsp3) is 0.432. The van der Waals surface area contributed by atoms with Crippen molar-refractivity contribution in [3.8, 4) is 33.1 Å².